The van der Waals surface area contributed by atoms with Crippen LogP contribution in [-0.4, -0.2) is 16.8 Å². The van der Waals surface area contributed by atoms with E-state index in [1.165, 1.54) is 29.3 Å². The van der Waals surface area contributed by atoms with E-state index >= 15 is 0 Å². The van der Waals surface area contributed by atoms with Gasteiger partial charge in [-0.2, -0.15) is 0 Å². The minimum atomic E-state index is 0.366. The monoisotopic (exact) mass is 244 g/mol. The molecule has 1 aromatic carbocycles. The van der Waals surface area contributed by atoms with Crippen LogP contribution in [0.3, 0.4) is 0 Å². The lowest BCUT2D eigenvalue weighted by Crippen LogP contribution is -2.15. The van der Waals surface area contributed by atoms with E-state index < -0.39 is 0 Å². The van der Waals surface area contributed by atoms with Crippen LogP contribution in [0.15, 0.2) is 30.5 Å². The minimum absolute atomic E-state index is 0.366. The molecule has 0 bridgehead atoms. The van der Waals surface area contributed by atoms with Gasteiger partial charge in [-0.05, 0) is 48.9 Å². The normalized spacial score (nSPS) is 23.9. The highest BCUT2D eigenvalue weighted by molar-refractivity contribution is 5.80. The summed E-state index contributed by atoms with van der Waals surface area (Å²) in [5.41, 5.74) is 8.13. The van der Waals surface area contributed by atoms with Crippen molar-refractivity contribution in [2.45, 2.75) is 45.1 Å². The van der Waals surface area contributed by atoms with Crippen LogP contribution in [0.5, 0.6) is 0 Å². The highest BCUT2D eigenvalue weighted by Gasteiger charge is 2.22. The van der Waals surface area contributed by atoms with Gasteiger partial charge in [0.25, 0.3) is 0 Å². The van der Waals surface area contributed by atoms with E-state index in [2.05, 4.69) is 42.0 Å². The Labute approximate surface area is 108 Å². The zero-order valence-corrected chi connectivity index (χ0v) is 10.8. The first-order valence-electron chi connectivity index (χ1n) is 6.69. The van der Waals surface area contributed by atoms with Gasteiger partial charge in [0.1, 0.15) is 0 Å². The summed E-state index contributed by atoms with van der Waals surface area (Å²) in [5.74, 6) is 0. The molecule has 2 heterocycles. The Bertz CT molecular complexity index is 546. The summed E-state index contributed by atoms with van der Waals surface area (Å²) in [6.45, 7) is 3.71. The van der Waals surface area contributed by atoms with Crippen LogP contribution in [0.25, 0.3) is 10.9 Å². The molecule has 18 heavy (non-hydrogen) atoms. The van der Waals surface area contributed by atoms with Crippen LogP contribution >= 0.6 is 0 Å². The van der Waals surface area contributed by atoms with Crippen molar-refractivity contribution in [2.75, 3.05) is 0 Å². The van der Waals surface area contributed by atoms with Gasteiger partial charge in [-0.25, -0.2) is 0 Å². The standard InChI is InChI=1S/C15H20N2O/c1-11-2-4-14(18-11)10-17-7-6-13-8-12(9-16)3-5-15(13)17/h3,5-8,11,14H,2,4,9-10,16H2,1H3. The van der Waals surface area contributed by atoms with E-state index in [0.717, 1.165) is 6.54 Å². The summed E-state index contributed by atoms with van der Waals surface area (Å²) in [4.78, 5) is 0. The molecule has 96 valence electrons. The van der Waals surface area contributed by atoms with Crippen molar-refractivity contribution in [1.82, 2.24) is 4.57 Å². The van der Waals surface area contributed by atoms with Gasteiger partial charge >= 0.3 is 0 Å². The third kappa shape index (κ3) is 2.16. The Morgan fingerprint density at radius 1 is 1.33 bits per heavy atom. The van der Waals surface area contributed by atoms with E-state index in [1.54, 1.807) is 0 Å². The van der Waals surface area contributed by atoms with Gasteiger partial charge in [0.15, 0.2) is 0 Å². The average Bonchev–Trinajstić information content (AvgIpc) is 2.96. The first kappa shape index (κ1) is 11.8. The average molecular weight is 244 g/mol. The number of ether oxygens (including phenoxy) is 1. The molecule has 3 rings (SSSR count). The first-order chi connectivity index (χ1) is 8.76. The topological polar surface area (TPSA) is 40.2 Å². The molecule has 0 spiro atoms. The number of fused-ring (bicyclic) bond motifs is 1. The Balaban J connectivity index is 1.84. The van der Waals surface area contributed by atoms with E-state index in [0.29, 0.717) is 18.8 Å². The van der Waals surface area contributed by atoms with Gasteiger partial charge in [-0.15, -0.1) is 0 Å². The quantitative estimate of drug-likeness (QED) is 0.901. The summed E-state index contributed by atoms with van der Waals surface area (Å²) in [7, 11) is 0. The molecule has 1 fully saturated rings. The van der Waals surface area contributed by atoms with Crippen molar-refractivity contribution in [3.05, 3.63) is 36.0 Å². The van der Waals surface area contributed by atoms with Crippen LogP contribution in [0.1, 0.15) is 25.3 Å². The van der Waals surface area contributed by atoms with Crippen molar-refractivity contribution < 1.29 is 4.74 Å². The molecule has 0 aliphatic carbocycles. The fourth-order valence-corrected chi connectivity index (χ4v) is 2.77. The lowest BCUT2D eigenvalue weighted by Gasteiger charge is -2.13. The van der Waals surface area contributed by atoms with Crippen molar-refractivity contribution in [3.63, 3.8) is 0 Å². The van der Waals surface area contributed by atoms with Crippen molar-refractivity contribution in [3.8, 4) is 0 Å². The summed E-state index contributed by atoms with van der Waals surface area (Å²) in [6, 6.07) is 8.60. The maximum atomic E-state index is 5.89. The largest absolute Gasteiger partial charge is 0.373 e. The Morgan fingerprint density at radius 2 is 2.22 bits per heavy atom. The molecule has 2 N–H and O–H groups in total. The van der Waals surface area contributed by atoms with Crippen LogP contribution < -0.4 is 5.73 Å². The van der Waals surface area contributed by atoms with Crippen LogP contribution in [-0.2, 0) is 17.8 Å². The molecule has 2 atom stereocenters. The Morgan fingerprint density at radius 3 is 2.94 bits per heavy atom. The van der Waals surface area contributed by atoms with Gasteiger partial charge in [0, 0.05) is 24.8 Å². The highest BCUT2D eigenvalue weighted by Crippen LogP contribution is 2.23. The van der Waals surface area contributed by atoms with Crippen LogP contribution in [0.4, 0.5) is 0 Å². The number of hydrogen-bond acceptors (Lipinski definition) is 2. The molecule has 0 radical (unpaired) electrons. The van der Waals surface area contributed by atoms with Crippen LogP contribution in [0, 0.1) is 0 Å². The van der Waals surface area contributed by atoms with E-state index in [4.69, 9.17) is 10.5 Å². The molecule has 1 aliphatic heterocycles. The molecule has 0 amide bonds. The lowest BCUT2D eigenvalue weighted by molar-refractivity contribution is 0.0465. The number of nitrogens with two attached hydrogens (primary N) is 1. The summed E-state index contributed by atoms with van der Waals surface area (Å²) >= 11 is 0. The van der Waals surface area contributed by atoms with Crippen molar-refractivity contribution >= 4 is 10.9 Å². The molecular weight excluding hydrogens is 224 g/mol. The van der Waals surface area contributed by atoms with Gasteiger partial charge in [0.2, 0.25) is 0 Å². The molecule has 2 aromatic rings. The number of aromatic nitrogens is 1. The van der Waals surface area contributed by atoms with E-state index in [-0.39, 0.29) is 0 Å². The number of benzene rings is 1. The molecule has 3 nitrogen and oxygen atoms in total. The number of nitrogens with zero attached hydrogens (tertiary/aromatic N) is 1. The molecule has 3 heteroatoms. The maximum absolute atomic E-state index is 5.89. The van der Waals surface area contributed by atoms with Crippen molar-refractivity contribution in [2.24, 2.45) is 5.73 Å². The number of hydrogen-bond donors (Lipinski definition) is 1. The molecule has 1 aliphatic rings. The third-order valence-electron chi connectivity index (χ3n) is 3.79. The van der Waals surface area contributed by atoms with Crippen LogP contribution in [0.2, 0.25) is 0 Å². The van der Waals surface area contributed by atoms with E-state index in [9.17, 15) is 0 Å². The van der Waals surface area contributed by atoms with Gasteiger partial charge in [0.05, 0.1) is 12.2 Å². The van der Waals surface area contributed by atoms with Gasteiger partial charge in [-0.3, -0.25) is 0 Å². The molecular formula is C15H20N2O. The predicted octanol–water partition coefficient (Wildman–Crippen LogP) is 2.67. The van der Waals surface area contributed by atoms with Gasteiger partial charge in [-0.1, -0.05) is 6.07 Å². The first-order valence-corrected chi connectivity index (χ1v) is 6.69. The third-order valence-corrected chi connectivity index (χ3v) is 3.79. The summed E-state index contributed by atoms with van der Waals surface area (Å²) in [5, 5.41) is 1.27. The second-order valence-electron chi connectivity index (χ2n) is 5.21. The van der Waals surface area contributed by atoms with E-state index in [1.807, 2.05) is 0 Å². The fourth-order valence-electron chi connectivity index (χ4n) is 2.77. The smallest absolute Gasteiger partial charge is 0.0758 e. The molecule has 1 saturated heterocycles. The Hall–Kier alpha value is -1.32. The predicted molar refractivity (Wildman–Crippen MR) is 73.4 cm³/mol. The number of rotatable bonds is 3. The summed E-state index contributed by atoms with van der Waals surface area (Å²) in [6.07, 6.45) is 5.28. The zero-order chi connectivity index (χ0) is 12.5. The molecule has 1 aromatic heterocycles. The second-order valence-corrected chi connectivity index (χ2v) is 5.21. The molecule has 0 saturated carbocycles. The highest BCUT2D eigenvalue weighted by atomic mass is 16.5. The van der Waals surface area contributed by atoms with Crippen molar-refractivity contribution in [1.29, 1.82) is 0 Å². The fraction of sp³-hybridized carbons (Fsp3) is 0.467. The maximum Gasteiger partial charge on any atom is 0.0758 e. The second kappa shape index (κ2) is 4.75. The molecule has 2 unspecified atom stereocenters. The van der Waals surface area contributed by atoms with Gasteiger partial charge < -0.3 is 15.0 Å². The lowest BCUT2D eigenvalue weighted by atomic mass is 10.1. The Kier molecular flexibility index (Phi) is 3.10. The minimum Gasteiger partial charge on any atom is -0.373 e. The summed E-state index contributed by atoms with van der Waals surface area (Å²) < 4.78 is 8.18. The zero-order valence-electron chi connectivity index (χ0n) is 10.8. The SMILES string of the molecule is CC1CCC(Cn2ccc3cc(CN)ccc32)O1.